The molecule has 26 heavy (non-hydrogen) atoms. The summed E-state index contributed by atoms with van der Waals surface area (Å²) in [5.41, 5.74) is 6.70. The van der Waals surface area contributed by atoms with Crippen LogP contribution in [0.4, 0.5) is 5.69 Å². The van der Waals surface area contributed by atoms with Gasteiger partial charge in [0.2, 0.25) is 0 Å². The van der Waals surface area contributed by atoms with E-state index in [-0.39, 0.29) is 5.91 Å². The number of carbonyl (C=O) groups excluding carboxylic acids is 1. The second kappa shape index (κ2) is 6.49. The van der Waals surface area contributed by atoms with Crippen molar-refractivity contribution in [2.75, 3.05) is 4.90 Å². The van der Waals surface area contributed by atoms with Crippen LogP contribution in [-0.2, 0) is 20.0 Å². The van der Waals surface area contributed by atoms with E-state index < -0.39 is 0 Å². The molecule has 0 bridgehead atoms. The minimum atomic E-state index is 0.0597. The molecule has 1 aliphatic rings. The first kappa shape index (κ1) is 16.6. The van der Waals surface area contributed by atoms with Gasteiger partial charge in [-0.15, -0.1) is 0 Å². The lowest BCUT2D eigenvalue weighted by atomic mass is 10.0. The number of benzene rings is 2. The highest BCUT2D eigenvalue weighted by atomic mass is 16.2. The Kier molecular flexibility index (Phi) is 4.15. The highest BCUT2D eigenvalue weighted by Crippen LogP contribution is 2.32. The SMILES string of the molecule is CC(C)c1ccc(C(=O)N2Cc3ccn(C)c3Cc3ccccc32)cc1. The smallest absolute Gasteiger partial charge is 0.258 e. The first-order valence-corrected chi connectivity index (χ1v) is 9.17. The molecule has 2 heterocycles. The van der Waals surface area contributed by atoms with Crippen molar-refractivity contribution in [1.82, 2.24) is 4.57 Å². The molecule has 0 spiro atoms. The highest BCUT2D eigenvalue weighted by Gasteiger charge is 2.26. The number of anilines is 1. The molecule has 0 atom stereocenters. The first-order chi connectivity index (χ1) is 12.5. The van der Waals surface area contributed by atoms with Crippen molar-refractivity contribution in [3.63, 3.8) is 0 Å². The minimum Gasteiger partial charge on any atom is -0.354 e. The number of nitrogens with zero attached hydrogens (tertiary/aromatic N) is 2. The Morgan fingerprint density at radius 1 is 0.962 bits per heavy atom. The second-order valence-electron chi connectivity index (χ2n) is 7.37. The molecule has 1 aromatic heterocycles. The number of aromatic nitrogens is 1. The van der Waals surface area contributed by atoms with Gasteiger partial charge in [0, 0.05) is 36.6 Å². The van der Waals surface area contributed by atoms with E-state index in [0.29, 0.717) is 12.5 Å². The largest absolute Gasteiger partial charge is 0.354 e. The molecular weight excluding hydrogens is 320 g/mol. The number of para-hydroxylation sites is 1. The Bertz CT molecular complexity index is 951. The summed E-state index contributed by atoms with van der Waals surface area (Å²) >= 11 is 0. The fourth-order valence-corrected chi connectivity index (χ4v) is 3.70. The molecule has 1 amide bonds. The molecule has 0 unspecified atom stereocenters. The topological polar surface area (TPSA) is 25.2 Å². The summed E-state index contributed by atoms with van der Waals surface area (Å²) in [6, 6.07) is 18.4. The highest BCUT2D eigenvalue weighted by molar-refractivity contribution is 6.06. The van der Waals surface area contributed by atoms with Crippen LogP contribution in [0.1, 0.15) is 52.5 Å². The van der Waals surface area contributed by atoms with Gasteiger partial charge in [0.15, 0.2) is 0 Å². The lowest BCUT2D eigenvalue weighted by molar-refractivity contribution is 0.0985. The Balaban J connectivity index is 1.75. The van der Waals surface area contributed by atoms with Gasteiger partial charge in [-0.05, 0) is 46.9 Å². The summed E-state index contributed by atoms with van der Waals surface area (Å²) in [4.78, 5) is 15.3. The van der Waals surface area contributed by atoms with Crippen molar-refractivity contribution in [3.05, 3.63) is 88.7 Å². The summed E-state index contributed by atoms with van der Waals surface area (Å²) in [5.74, 6) is 0.523. The number of hydrogen-bond donors (Lipinski definition) is 0. The van der Waals surface area contributed by atoms with Gasteiger partial charge in [0.05, 0.1) is 6.54 Å². The summed E-state index contributed by atoms with van der Waals surface area (Å²) in [6.07, 6.45) is 2.93. The quantitative estimate of drug-likeness (QED) is 0.649. The van der Waals surface area contributed by atoms with Gasteiger partial charge in [-0.2, -0.15) is 0 Å². The molecule has 132 valence electrons. The van der Waals surface area contributed by atoms with Crippen LogP contribution in [0.5, 0.6) is 0 Å². The third-order valence-corrected chi connectivity index (χ3v) is 5.33. The third-order valence-electron chi connectivity index (χ3n) is 5.33. The second-order valence-corrected chi connectivity index (χ2v) is 7.37. The van der Waals surface area contributed by atoms with Crippen molar-refractivity contribution in [1.29, 1.82) is 0 Å². The molecule has 0 aliphatic carbocycles. The lowest BCUT2D eigenvalue weighted by Gasteiger charge is -2.23. The lowest BCUT2D eigenvalue weighted by Crippen LogP contribution is -2.30. The Morgan fingerprint density at radius 3 is 2.42 bits per heavy atom. The number of fused-ring (bicyclic) bond motifs is 2. The van der Waals surface area contributed by atoms with Crippen LogP contribution < -0.4 is 4.90 Å². The molecule has 3 heteroatoms. The molecule has 0 N–H and O–H groups in total. The molecule has 0 radical (unpaired) electrons. The van der Waals surface area contributed by atoms with Crippen LogP contribution in [0.15, 0.2) is 60.8 Å². The van der Waals surface area contributed by atoms with Crippen molar-refractivity contribution < 1.29 is 4.79 Å². The predicted octanol–water partition coefficient (Wildman–Crippen LogP) is 4.90. The summed E-state index contributed by atoms with van der Waals surface area (Å²) in [7, 11) is 2.07. The summed E-state index contributed by atoms with van der Waals surface area (Å²) in [5, 5.41) is 0. The van der Waals surface area contributed by atoms with E-state index in [1.165, 1.54) is 22.4 Å². The zero-order valence-corrected chi connectivity index (χ0v) is 15.6. The molecule has 0 saturated heterocycles. The molecule has 3 nitrogen and oxygen atoms in total. The van der Waals surface area contributed by atoms with Crippen LogP contribution in [0.3, 0.4) is 0 Å². The molecular formula is C23H24N2O. The first-order valence-electron chi connectivity index (χ1n) is 9.17. The Morgan fingerprint density at radius 2 is 1.69 bits per heavy atom. The van der Waals surface area contributed by atoms with Crippen molar-refractivity contribution in [3.8, 4) is 0 Å². The van der Waals surface area contributed by atoms with E-state index >= 15 is 0 Å². The van der Waals surface area contributed by atoms with E-state index in [2.05, 4.69) is 62.0 Å². The third kappa shape index (κ3) is 2.84. The van der Waals surface area contributed by atoms with Crippen molar-refractivity contribution >= 4 is 11.6 Å². The van der Waals surface area contributed by atoms with Crippen LogP contribution in [0.2, 0.25) is 0 Å². The number of carbonyl (C=O) groups is 1. The van der Waals surface area contributed by atoms with Gasteiger partial charge in [-0.3, -0.25) is 4.79 Å². The number of amides is 1. The zero-order valence-electron chi connectivity index (χ0n) is 15.6. The molecule has 1 aliphatic heterocycles. The molecule has 0 fully saturated rings. The fourth-order valence-electron chi connectivity index (χ4n) is 3.70. The summed E-state index contributed by atoms with van der Waals surface area (Å²) in [6.45, 7) is 4.94. The standard InChI is InChI=1S/C23H24N2O/c1-16(2)17-8-10-18(11-9-17)23(26)25-15-20-12-13-24(3)22(20)14-19-6-4-5-7-21(19)25/h4-13,16H,14-15H2,1-3H3. The fraction of sp³-hybridized carbons (Fsp3) is 0.261. The Labute approximate surface area is 154 Å². The van der Waals surface area contributed by atoms with E-state index in [1.807, 2.05) is 29.2 Å². The van der Waals surface area contributed by atoms with E-state index in [1.54, 1.807) is 0 Å². The maximum atomic E-state index is 13.3. The van der Waals surface area contributed by atoms with Crippen LogP contribution in [0, 0.1) is 0 Å². The van der Waals surface area contributed by atoms with E-state index in [4.69, 9.17) is 0 Å². The summed E-state index contributed by atoms with van der Waals surface area (Å²) < 4.78 is 2.16. The minimum absolute atomic E-state index is 0.0597. The predicted molar refractivity (Wildman–Crippen MR) is 106 cm³/mol. The Hall–Kier alpha value is -2.81. The van der Waals surface area contributed by atoms with E-state index in [9.17, 15) is 4.79 Å². The molecule has 2 aromatic carbocycles. The van der Waals surface area contributed by atoms with Crippen LogP contribution >= 0.6 is 0 Å². The number of aryl methyl sites for hydroxylation is 1. The van der Waals surface area contributed by atoms with Gasteiger partial charge >= 0.3 is 0 Å². The average molecular weight is 344 g/mol. The van der Waals surface area contributed by atoms with Gasteiger partial charge in [0.1, 0.15) is 0 Å². The monoisotopic (exact) mass is 344 g/mol. The maximum Gasteiger partial charge on any atom is 0.258 e. The van der Waals surface area contributed by atoms with Gasteiger partial charge in [-0.25, -0.2) is 0 Å². The van der Waals surface area contributed by atoms with Crippen LogP contribution in [0.25, 0.3) is 0 Å². The van der Waals surface area contributed by atoms with Gasteiger partial charge in [-0.1, -0.05) is 44.2 Å². The zero-order chi connectivity index (χ0) is 18.3. The van der Waals surface area contributed by atoms with Crippen molar-refractivity contribution in [2.24, 2.45) is 7.05 Å². The van der Waals surface area contributed by atoms with Gasteiger partial charge < -0.3 is 9.47 Å². The van der Waals surface area contributed by atoms with E-state index in [0.717, 1.165) is 17.7 Å². The van der Waals surface area contributed by atoms with Crippen LogP contribution in [-0.4, -0.2) is 10.5 Å². The number of rotatable bonds is 2. The molecule has 3 aromatic rings. The molecule has 0 saturated carbocycles. The van der Waals surface area contributed by atoms with Gasteiger partial charge in [0.25, 0.3) is 5.91 Å². The average Bonchev–Trinajstić information content (AvgIpc) is 2.90. The van der Waals surface area contributed by atoms with Crippen molar-refractivity contribution in [2.45, 2.75) is 32.7 Å². The number of hydrogen-bond acceptors (Lipinski definition) is 1. The molecule has 4 rings (SSSR count). The normalized spacial score (nSPS) is 13.3. The maximum absolute atomic E-state index is 13.3.